The lowest BCUT2D eigenvalue weighted by Crippen LogP contribution is -2.08. The fourth-order valence-electron chi connectivity index (χ4n) is 2.11. The van der Waals surface area contributed by atoms with Gasteiger partial charge in [0.25, 0.3) is 0 Å². The molecule has 1 nitrogen and oxygen atoms in total. The molecule has 2 aromatic carbocycles. The molecule has 5 heteroatoms. The molecule has 0 heterocycles. The van der Waals surface area contributed by atoms with Gasteiger partial charge in [0.05, 0.1) is 5.56 Å². The first-order valence-electron chi connectivity index (χ1n) is 6.58. The highest BCUT2D eigenvalue weighted by atomic mass is 19.4. The maximum Gasteiger partial charge on any atom is 0.416 e. The molecule has 0 aliphatic carbocycles. The third kappa shape index (κ3) is 3.97. The van der Waals surface area contributed by atoms with Crippen molar-refractivity contribution < 1.29 is 17.6 Å². The van der Waals surface area contributed by atoms with E-state index in [1.54, 1.807) is 0 Å². The molecular weight excluding hydrogens is 282 g/mol. The van der Waals surface area contributed by atoms with Crippen molar-refractivity contribution in [3.8, 4) is 0 Å². The summed E-state index contributed by atoms with van der Waals surface area (Å²) < 4.78 is 51.2. The Morgan fingerprint density at radius 1 is 1.05 bits per heavy atom. The normalized spacial score (nSPS) is 11.5. The summed E-state index contributed by atoms with van der Waals surface area (Å²) >= 11 is 0. The van der Waals surface area contributed by atoms with Crippen LogP contribution in [0.1, 0.15) is 23.6 Å². The number of halogens is 4. The van der Waals surface area contributed by atoms with Gasteiger partial charge in [-0.2, -0.15) is 13.2 Å². The smallest absolute Gasteiger partial charge is 0.381 e. The van der Waals surface area contributed by atoms with Gasteiger partial charge in [0.2, 0.25) is 0 Å². The fourth-order valence-corrected chi connectivity index (χ4v) is 2.11. The van der Waals surface area contributed by atoms with Gasteiger partial charge in [-0.25, -0.2) is 4.39 Å². The minimum atomic E-state index is -4.54. The number of hydrogen-bond acceptors (Lipinski definition) is 1. The standard InChI is InChI=1S/C16H15F4N/c1-2-12-5-3-4-6-15(12)21-10-11-7-13(16(18,19)20)9-14(17)8-11/h3-9,21H,2,10H2,1H3. The molecule has 0 aromatic heterocycles. The van der Waals surface area contributed by atoms with Gasteiger partial charge in [-0.3, -0.25) is 0 Å². The lowest BCUT2D eigenvalue weighted by molar-refractivity contribution is -0.137. The van der Waals surface area contributed by atoms with Crippen molar-refractivity contribution in [3.05, 3.63) is 65.0 Å². The van der Waals surface area contributed by atoms with Crippen LogP contribution in [0.15, 0.2) is 42.5 Å². The van der Waals surface area contributed by atoms with Crippen LogP contribution in [0.4, 0.5) is 23.2 Å². The van der Waals surface area contributed by atoms with Crippen LogP contribution >= 0.6 is 0 Å². The first-order chi connectivity index (χ1) is 9.90. The van der Waals surface area contributed by atoms with Crippen LogP contribution in [0.3, 0.4) is 0 Å². The van der Waals surface area contributed by atoms with E-state index in [1.807, 2.05) is 31.2 Å². The van der Waals surface area contributed by atoms with Crippen molar-refractivity contribution in [2.24, 2.45) is 0 Å². The molecule has 0 aliphatic heterocycles. The summed E-state index contributed by atoms with van der Waals surface area (Å²) in [6.45, 7) is 2.13. The fraction of sp³-hybridized carbons (Fsp3) is 0.250. The van der Waals surface area contributed by atoms with Gasteiger partial charge in [0.1, 0.15) is 5.82 Å². The van der Waals surface area contributed by atoms with E-state index >= 15 is 0 Å². The van der Waals surface area contributed by atoms with Gasteiger partial charge in [-0.1, -0.05) is 25.1 Å². The Bertz CT molecular complexity index is 620. The molecule has 2 aromatic rings. The van der Waals surface area contributed by atoms with Crippen molar-refractivity contribution in [2.45, 2.75) is 26.1 Å². The highest BCUT2D eigenvalue weighted by Gasteiger charge is 2.31. The maximum absolute atomic E-state index is 13.3. The second kappa shape index (κ2) is 6.16. The number of hydrogen-bond donors (Lipinski definition) is 1. The molecule has 112 valence electrons. The van der Waals surface area contributed by atoms with Gasteiger partial charge < -0.3 is 5.32 Å². The van der Waals surface area contributed by atoms with Crippen molar-refractivity contribution in [3.63, 3.8) is 0 Å². The van der Waals surface area contributed by atoms with Crippen molar-refractivity contribution in [2.75, 3.05) is 5.32 Å². The van der Waals surface area contributed by atoms with E-state index in [4.69, 9.17) is 0 Å². The lowest BCUT2D eigenvalue weighted by atomic mass is 10.1. The van der Waals surface area contributed by atoms with Gasteiger partial charge in [-0.05, 0) is 41.8 Å². The zero-order valence-electron chi connectivity index (χ0n) is 11.5. The largest absolute Gasteiger partial charge is 0.416 e. The minimum Gasteiger partial charge on any atom is -0.381 e. The highest BCUT2D eigenvalue weighted by molar-refractivity contribution is 5.51. The van der Waals surface area contributed by atoms with Crippen LogP contribution in [0.5, 0.6) is 0 Å². The molecule has 1 N–H and O–H groups in total. The van der Waals surface area contributed by atoms with E-state index in [0.717, 1.165) is 29.8 Å². The summed E-state index contributed by atoms with van der Waals surface area (Å²) in [6.07, 6.45) is -3.74. The Kier molecular flexibility index (Phi) is 4.50. The minimum absolute atomic E-state index is 0.137. The first kappa shape index (κ1) is 15.4. The van der Waals surface area contributed by atoms with Crippen LogP contribution < -0.4 is 5.32 Å². The molecule has 0 saturated carbocycles. The Balaban J connectivity index is 2.19. The SMILES string of the molecule is CCc1ccccc1NCc1cc(F)cc(C(F)(F)F)c1. The molecule has 0 saturated heterocycles. The zero-order valence-corrected chi connectivity index (χ0v) is 11.5. The topological polar surface area (TPSA) is 12.0 Å². The monoisotopic (exact) mass is 297 g/mol. The number of rotatable bonds is 4. The number of benzene rings is 2. The molecule has 0 radical (unpaired) electrons. The number of alkyl halides is 3. The predicted molar refractivity (Wildman–Crippen MR) is 74.5 cm³/mol. The van der Waals surface area contributed by atoms with Gasteiger partial charge >= 0.3 is 6.18 Å². The summed E-state index contributed by atoms with van der Waals surface area (Å²) in [6, 6.07) is 10.1. The van der Waals surface area contributed by atoms with Crippen molar-refractivity contribution in [1.82, 2.24) is 0 Å². The summed E-state index contributed by atoms with van der Waals surface area (Å²) in [4.78, 5) is 0. The van der Waals surface area contributed by atoms with Gasteiger partial charge in [0, 0.05) is 12.2 Å². The second-order valence-corrected chi connectivity index (χ2v) is 4.71. The van der Waals surface area contributed by atoms with Crippen LogP contribution in [-0.2, 0) is 19.1 Å². The quantitative estimate of drug-likeness (QED) is 0.781. The number of para-hydroxylation sites is 1. The Hall–Kier alpha value is -2.04. The van der Waals surface area contributed by atoms with Crippen LogP contribution in [0.25, 0.3) is 0 Å². The van der Waals surface area contributed by atoms with Crippen LogP contribution in [-0.4, -0.2) is 0 Å². The van der Waals surface area contributed by atoms with Crippen LogP contribution in [0, 0.1) is 5.82 Å². The molecular formula is C16H15F4N. The average molecular weight is 297 g/mol. The Morgan fingerprint density at radius 2 is 1.76 bits per heavy atom. The predicted octanol–water partition coefficient (Wildman–Crippen LogP) is 5.02. The van der Waals surface area contributed by atoms with E-state index < -0.39 is 17.6 Å². The van der Waals surface area contributed by atoms with E-state index in [2.05, 4.69) is 5.32 Å². The summed E-state index contributed by atoms with van der Waals surface area (Å²) in [5.74, 6) is -0.884. The molecule has 2 rings (SSSR count). The van der Waals surface area contributed by atoms with Gasteiger partial charge in [-0.15, -0.1) is 0 Å². The number of anilines is 1. The van der Waals surface area contributed by atoms with E-state index in [1.165, 1.54) is 0 Å². The second-order valence-electron chi connectivity index (χ2n) is 4.71. The molecule has 0 aliphatic rings. The molecule has 0 spiro atoms. The number of nitrogens with one attached hydrogen (secondary N) is 1. The van der Waals surface area contributed by atoms with E-state index in [-0.39, 0.29) is 12.1 Å². The van der Waals surface area contributed by atoms with Crippen LogP contribution in [0.2, 0.25) is 0 Å². The van der Waals surface area contributed by atoms with E-state index in [9.17, 15) is 17.6 Å². The Morgan fingerprint density at radius 3 is 2.43 bits per heavy atom. The Labute approximate surface area is 120 Å². The molecule has 0 fully saturated rings. The third-order valence-electron chi connectivity index (χ3n) is 3.17. The molecule has 0 atom stereocenters. The molecule has 21 heavy (non-hydrogen) atoms. The average Bonchev–Trinajstić information content (AvgIpc) is 2.44. The molecule has 0 amide bonds. The highest BCUT2D eigenvalue weighted by Crippen LogP contribution is 2.30. The van der Waals surface area contributed by atoms with E-state index in [0.29, 0.717) is 6.07 Å². The molecule has 0 bridgehead atoms. The number of aryl methyl sites for hydroxylation is 1. The summed E-state index contributed by atoms with van der Waals surface area (Å²) in [5, 5.41) is 3.05. The first-order valence-corrected chi connectivity index (χ1v) is 6.58. The summed E-state index contributed by atoms with van der Waals surface area (Å²) in [7, 11) is 0. The summed E-state index contributed by atoms with van der Waals surface area (Å²) in [5.41, 5.74) is 1.19. The zero-order chi connectivity index (χ0) is 15.5. The van der Waals surface area contributed by atoms with Gasteiger partial charge in [0.15, 0.2) is 0 Å². The van der Waals surface area contributed by atoms with Crippen molar-refractivity contribution >= 4 is 5.69 Å². The van der Waals surface area contributed by atoms with Crippen molar-refractivity contribution in [1.29, 1.82) is 0 Å². The third-order valence-corrected chi connectivity index (χ3v) is 3.17. The molecule has 0 unspecified atom stereocenters. The maximum atomic E-state index is 13.3. The lowest BCUT2D eigenvalue weighted by Gasteiger charge is -2.13.